The normalized spacial score (nSPS) is 14.5. The van der Waals surface area contributed by atoms with Gasteiger partial charge >= 0.3 is 11.9 Å². The van der Waals surface area contributed by atoms with Crippen molar-refractivity contribution in [1.82, 2.24) is 0 Å². The number of thioether (sulfide) groups is 1. The predicted octanol–water partition coefficient (Wildman–Crippen LogP) is 3.39. The average molecular weight is 380 g/mol. The van der Waals surface area contributed by atoms with E-state index in [1.165, 1.54) is 18.9 Å². The van der Waals surface area contributed by atoms with Gasteiger partial charge < -0.3 is 14.7 Å². The summed E-state index contributed by atoms with van der Waals surface area (Å²) in [5.41, 5.74) is 0.0292. The zero-order valence-electron chi connectivity index (χ0n) is 14.7. The number of aliphatic carboxylic acids is 1. The van der Waals surface area contributed by atoms with Gasteiger partial charge in [0.15, 0.2) is 0 Å². The Labute approximate surface area is 148 Å². The number of esters is 1. The van der Waals surface area contributed by atoms with Crippen LogP contribution in [0, 0.1) is 5.92 Å². The highest BCUT2D eigenvalue weighted by molar-refractivity contribution is 7.99. The molecule has 0 fully saturated rings. The van der Waals surface area contributed by atoms with Gasteiger partial charge in [-0.25, -0.2) is 4.79 Å². The lowest BCUT2D eigenvalue weighted by atomic mass is 10.1. The van der Waals surface area contributed by atoms with E-state index in [4.69, 9.17) is 0 Å². The van der Waals surface area contributed by atoms with Gasteiger partial charge in [-0.15, -0.1) is 0 Å². The van der Waals surface area contributed by atoms with Crippen LogP contribution in [0.3, 0.4) is 0 Å². The smallest absolute Gasteiger partial charge is 0.331 e. The fraction of sp³-hybridized carbons (Fsp3) is 0.750. The molecule has 0 saturated heterocycles. The van der Waals surface area contributed by atoms with Gasteiger partial charge in [0.1, 0.15) is 0 Å². The van der Waals surface area contributed by atoms with Gasteiger partial charge in [-0.3, -0.25) is 9.36 Å². The first-order valence-electron chi connectivity index (χ1n) is 8.05. The second-order valence-electron chi connectivity index (χ2n) is 6.09. The van der Waals surface area contributed by atoms with Crippen LogP contribution in [0.25, 0.3) is 0 Å². The van der Waals surface area contributed by atoms with Gasteiger partial charge in [0.25, 0.3) is 0 Å². The molecule has 0 rings (SSSR count). The highest BCUT2D eigenvalue weighted by atomic mass is 32.2. The van der Waals surface area contributed by atoms with Crippen molar-refractivity contribution in [2.45, 2.75) is 39.5 Å². The Morgan fingerprint density at radius 1 is 1.25 bits per heavy atom. The monoisotopic (exact) mass is 380 g/mol. The third kappa shape index (κ3) is 12.6. The number of carbonyl (C=O) groups excluding carboxylic acids is 1. The Morgan fingerprint density at radius 2 is 1.92 bits per heavy atom. The van der Waals surface area contributed by atoms with Crippen molar-refractivity contribution in [3.8, 4) is 0 Å². The molecule has 24 heavy (non-hydrogen) atoms. The lowest BCUT2D eigenvalue weighted by molar-refractivity contribution is -0.137. The zero-order valence-corrected chi connectivity index (χ0v) is 16.4. The number of carboxylic acid groups (broad SMARTS) is 1. The fourth-order valence-electron chi connectivity index (χ4n) is 2.14. The number of carbonyl (C=O) groups is 2. The summed E-state index contributed by atoms with van der Waals surface area (Å²) in [4.78, 5) is 32.0. The number of hydrogen-bond acceptors (Lipinski definition) is 5. The first-order chi connectivity index (χ1) is 11.2. The van der Waals surface area contributed by atoms with Gasteiger partial charge in [-0.2, -0.15) is 11.8 Å². The van der Waals surface area contributed by atoms with Gasteiger partial charge in [0.2, 0.25) is 7.37 Å². The van der Waals surface area contributed by atoms with E-state index >= 15 is 0 Å². The van der Waals surface area contributed by atoms with Crippen LogP contribution in [0.4, 0.5) is 0 Å². The van der Waals surface area contributed by atoms with Crippen LogP contribution in [0.2, 0.25) is 0 Å². The molecule has 0 aliphatic rings. The molecular weight excluding hydrogens is 351 g/mol. The number of hydrogen-bond donors (Lipinski definition) is 2. The van der Waals surface area contributed by atoms with Crippen molar-refractivity contribution in [3.63, 3.8) is 0 Å². The van der Waals surface area contributed by atoms with Crippen LogP contribution in [0.15, 0.2) is 11.6 Å². The summed E-state index contributed by atoms with van der Waals surface area (Å²) in [5, 5.41) is 9.17. The van der Waals surface area contributed by atoms with Crippen LogP contribution in [0.5, 0.6) is 0 Å². The first kappa shape index (κ1) is 23.2. The number of ether oxygens (including phenoxy) is 1. The molecule has 140 valence electrons. The van der Waals surface area contributed by atoms with Gasteiger partial charge in [-0.05, 0) is 30.9 Å². The number of methoxy groups -OCH3 is 1. The SMILES string of the molecule is COC(=O)CSCCCCCC=C(CP(=O)(O)CC(C)C)C(=O)O. The van der Waals surface area contributed by atoms with Crippen molar-refractivity contribution in [3.05, 3.63) is 11.6 Å². The molecule has 0 aromatic heterocycles. The maximum absolute atomic E-state index is 12.0. The van der Waals surface area contributed by atoms with Crippen LogP contribution >= 0.6 is 19.1 Å². The zero-order chi connectivity index (χ0) is 18.6. The molecule has 0 amide bonds. The van der Waals surface area contributed by atoms with Crippen molar-refractivity contribution in [1.29, 1.82) is 0 Å². The first-order valence-corrected chi connectivity index (χ1v) is 11.2. The van der Waals surface area contributed by atoms with Gasteiger partial charge in [-0.1, -0.05) is 26.3 Å². The van der Waals surface area contributed by atoms with Crippen molar-refractivity contribution in [2.75, 3.05) is 30.9 Å². The summed E-state index contributed by atoms with van der Waals surface area (Å²) in [5.74, 6) is -0.102. The standard InChI is InChI=1S/C16H29O6PS/c1-13(2)10-23(20,21)11-14(16(18)19)8-6-4-5-7-9-24-12-15(17)22-3/h8,13H,4-7,9-12H2,1-3H3,(H,18,19)(H,20,21). The van der Waals surface area contributed by atoms with E-state index in [1.807, 2.05) is 13.8 Å². The molecule has 0 saturated carbocycles. The molecular formula is C16H29O6PS. The van der Waals surface area contributed by atoms with Gasteiger partial charge in [0.05, 0.1) is 19.0 Å². The Hall–Kier alpha value is -0.780. The summed E-state index contributed by atoms with van der Waals surface area (Å²) in [6.07, 6.45) is 4.67. The van der Waals surface area contributed by atoms with Crippen LogP contribution in [-0.4, -0.2) is 52.9 Å². The molecule has 0 aliphatic heterocycles. The van der Waals surface area contributed by atoms with Gasteiger partial charge in [0, 0.05) is 11.7 Å². The second-order valence-corrected chi connectivity index (χ2v) is 9.57. The predicted molar refractivity (Wildman–Crippen MR) is 97.9 cm³/mol. The summed E-state index contributed by atoms with van der Waals surface area (Å²) >= 11 is 1.51. The molecule has 8 heteroatoms. The third-order valence-electron chi connectivity index (χ3n) is 3.17. The second kappa shape index (κ2) is 12.6. The Kier molecular flexibility index (Phi) is 12.2. The van der Waals surface area contributed by atoms with E-state index in [1.54, 1.807) is 6.08 Å². The highest BCUT2D eigenvalue weighted by Gasteiger charge is 2.24. The van der Waals surface area contributed by atoms with Crippen LogP contribution in [0.1, 0.15) is 39.5 Å². The van der Waals surface area contributed by atoms with E-state index < -0.39 is 13.3 Å². The number of allylic oxidation sites excluding steroid dienone is 1. The third-order valence-corrected chi connectivity index (χ3v) is 6.33. The Bertz CT molecular complexity index is 475. The molecule has 0 heterocycles. The van der Waals surface area contributed by atoms with E-state index in [0.717, 1.165) is 25.0 Å². The largest absolute Gasteiger partial charge is 0.478 e. The van der Waals surface area contributed by atoms with E-state index in [2.05, 4.69) is 4.74 Å². The van der Waals surface area contributed by atoms with Crippen molar-refractivity contribution < 1.29 is 28.9 Å². The molecule has 0 aromatic rings. The van der Waals surface area contributed by atoms with Crippen LogP contribution < -0.4 is 0 Å². The molecule has 0 aromatic carbocycles. The average Bonchev–Trinajstić information content (AvgIpc) is 2.46. The summed E-state index contributed by atoms with van der Waals surface area (Å²) < 4.78 is 16.6. The number of rotatable bonds is 13. The molecule has 0 aliphatic carbocycles. The quantitative estimate of drug-likeness (QED) is 0.219. The van der Waals surface area contributed by atoms with E-state index in [0.29, 0.717) is 12.2 Å². The minimum absolute atomic E-state index is 0.0292. The summed E-state index contributed by atoms with van der Waals surface area (Å²) in [6, 6.07) is 0. The van der Waals surface area contributed by atoms with E-state index in [-0.39, 0.29) is 29.8 Å². The molecule has 0 radical (unpaired) electrons. The number of unbranched alkanes of at least 4 members (excludes halogenated alkanes) is 3. The lowest BCUT2D eigenvalue weighted by Crippen LogP contribution is -2.09. The minimum atomic E-state index is -3.44. The molecule has 2 N–H and O–H groups in total. The number of carboxylic acids is 1. The molecule has 1 atom stereocenters. The lowest BCUT2D eigenvalue weighted by Gasteiger charge is -2.14. The summed E-state index contributed by atoms with van der Waals surface area (Å²) in [6.45, 7) is 3.68. The fourth-order valence-corrected chi connectivity index (χ4v) is 5.04. The molecule has 1 unspecified atom stereocenters. The van der Waals surface area contributed by atoms with Crippen LogP contribution in [-0.2, 0) is 18.9 Å². The topological polar surface area (TPSA) is 101 Å². The maximum Gasteiger partial charge on any atom is 0.331 e. The van der Waals surface area contributed by atoms with E-state index in [9.17, 15) is 24.2 Å². The summed E-state index contributed by atoms with van der Waals surface area (Å²) in [7, 11) is -2.08. The maximum atomic E-state index is 12.0. The minimum Gasteiger partial charge on any atom is -0.478 e. The molecule has 6 nitrogen and oxygen atoms in total. The van der Waals surface area contributed by atoms with Crippen molar-refractivity contribution in [2.24, 2.45) is 5.92 Å². The molecule has 0 spiro atoms. The Balaban J connectivity index is 4.12. The Morgan fingerprint density at radius 3 is 2.46 bits per heavy atom. The highest BCUT2D eigenvalue weighted by Crippen LogP contribution is 2.44. The van der Waals surface area contributed by atoms with Crippen molar-refractivity contribution >= 4 is 31.1 Å². The molecule has 0 bridgehead atoms.